The van der Waals surface area contributed by atoms with Gasteiger partial charge in [0.1, 0.15) is 0 Å². The predicted octanol–water partition coefficient (Wildman–Crippen LogP) is 1.69. The van der Waals surface area contributed by atoms with Gasteiger partial charge in [-0.3, -0.25) is 0 Å². The Balaban J connectivity index is 3.39. The molecule has 0 amide bonds. The highest BCUT2D eigenvalue weighted by Gasteiger charge is 2.05. The monoisotopic (exact) mass is 113 g/mol. The average Bonchev–Trinajstić information content (AvgIpc) is 1.59. The molecule has 0 spiro atoms. The molecule has 0 aliphatic heterocycles. The molecule has 0 aliphatic rings. The molecule has 0 atom stereocenters. The topological polar surface area (TPSA) is 26.0 Å². The fraction of sp³-hybridized carbons (Fsp3) is 0.714. The van der Waals surface area contributed by atoms with E-state index in [1.54, 1.807) is 0 Å². The van der Waals surface area contributed by atoms with Crippen LogP contribution in [0.15, 0.2) is 12.2 Å². The highest BCUT2D eigenvalue weighted by molar-refractivity contribution is 4.86. The molecule has 0 heterocycles. The van der Waals surface area contributed by atoms with Crippen molar-refractivity contribution in [2.24, 2.45) is 5.73 Å². The second-order valence-electron chi connectivity index (χ2n) is 2.76. The lowest BCUT2D eigenvalue weighted by atomic mass is 10.0. The van der Waals surface area contributed by atoms with E-state index in [9.17, 15) is 0 Å². The van der Waals surface area contributed by atoms with Crippen LogP contribution in [0, 0.1) is 0 Å². The number of allylic oxidation sites excluding steroid dienone is 1. The van der Waals surface area contributed by atoms with Gasteiger partial charge in [-0.25, -0.2) is 0 Å². The van der Waals surface area contributed by atoms with E-state index in [1.165, 1.54) is 0 Å². The summed E-state index contributed by atoms with van der Waals surface area (Å²) in [6, 6.07) is 0. The molecule has 0 unspecified atom stereocenters. The van der Waals surface area contributed by atoms with Crippen molar-refractivity contribution in [3.05, 3.63) is 12.2 Å². The fourth-order valence-electron chi connectivity index (χ4n) is 0.422. The summed E-state index contributed by atoms with van der Waals surface area (Å²) in [6.45, 7) is 6.05. The maximum atomic E-state index is 5.67. The Bertz CT molecular complexity index is 76.9. The summed E-state index contributed by atoms with van der Waals surface area (Å²) in [5, 5.41) is 0. The third kappa shape index (κ3) is 5.70. The molecule has 1 heteroatoms. The maximum absolute atomic E-state index is 5.67. The molecule has 48 valence electrons. The lowest BCUT2D eigenvalue weighted by Gasteiger charge is -2.14. The highest BCUT2D eigenvalue weighted by atomic mass is 14.7. The van der Waals surface area contributed by atoms with Crippen LogP contribution >= 0.6 is 0 Å². The molecule has 1 nitrogen and oxygen atoms in total. The van der Waals surface area contributed by atoms with E-state index in [-0.39, 0.29) is 5.54 Å². The smallest absolute Gasteiger partial charge is 0.0132 e. The zero-order chi connectivity index (χ0) is 6.62. The van der Waals surface area contributed by atoms with Crippen LogP contribution in [-0.4, -0.2) is 5.54 Å². The first-order chi connectivity index (χ1) is 3.56. The molecule has 0 rings (SSSR count). The van der Waals surface area contributed by atoms with Gasteiger partial charge in [-0.15, -0.1) is 0 Å². The standard InChI is InChI=1S/C7H15N/c1-4-5-6-7(2,3)8/h4-5H,6,8H2,1-3H3. The number of nitrogens with two attached hydrogens (primary N) is 1. The summed E-state index contributed by atoms with van der Waals surface area (Å²) < 4.78 is 0. The van der Waals surface area contributed by atoms with E-state index in [0.717, 1.165) is 6.42 Å². The van der Waals surface area contributed by atoms with Crippen molar-refractivity contribution in [2.45, 2.75) is 32.7 Å². The van der Waals surface area contributed by atoms with E-state index in [4.69, 9.17) is 5.73 Å². The van der Waals surface area contributed by atoms with E-state index in [0.29, 0.717) is 0 Å². The first-order valence-electron chi connectivity index (χ1n) is 2.96. The van der Waals surface area contributed by atoms with E-state index in [1.807, 2.05) is 26.8 Å². The Labute approximate surface area is 51.6 Å². The van der Waals surface area contributed by atoms with Crippen LogP contribution in [0.25, 0.3) is 0 Å². The molecule has 0 fully saturated rings. The summed E-state index contributed by atoms with van der Waals surface area (Å²) in [5.74, 6) is 0. The number of rotatable bonds is 2. The molecule has 8 heavy (non-hydrogen) atoms. The second kappa shape index (κ2) is 2.88. The minimum Gasteiger partial charge on any atom is -0.325 e. The second-order valence-corrected chi connectivity index (χ2v) is 2.76. The largest absolute Gasteiger partial charge is 0.325 e. The summed E-state index contributed by atoms with van der Waals surface area (Å²) in [6.07, 6.45) is 5.07. The van der Waals surface area contributed by atoms with Crippen LogP contribution in [0.1, 0.15) is 27.2 Å². The summed E-state index contributed by atoms with van der Waals surface area (Å²) in [5.41, 5.74) is 5.64. The molecule has 0 aromatic heterocycles. The van der Waals surface area contributed by atoms with E-state index < -0.39 is 0 Å². The van der Waals surface area contributed by atoms with Gasteiger partial charge in [0.15, 0.2) is 0 Å². The molecule has 0 saturated heterocycles. The fourth-order valence-corrected chi connectivity index (χ4v) is 0.422. The molecule has 0 saturated carbocycles. The summed E-state index contributed by atoms with van der Waals surface area (Å²) in [7, 11) is 0. The van der Waals surface area contributed by atoms with E-state index >= 15 is 0 Å². The van der Waals surface area contributed by atoms with Crippen molar-refractivity contribution in [3.8, 4) is 0 Å². The molecular formula is C7H15N. The molecule has 2 N–H and O–H groups in total. The summed E-state index contributed by atoms with van der Waals surface area (Å²) >= 11 is 0. The van der Waals surface area contributed by atoms with Crippen LogP contribution in [0.3, 0.4) is 0 Å². The lowest BCUT2D eigenvalue weighted by Crippen LogP contribution is -2.30. The predicted molar refractivity (Wildman–Crippen MR) is 37.7 cm³/mol. The first-order valence-corrected chi connectivity index (χ1v) is 2.96. The Morgan fingerprint density at radius 3 is 2.12 bits per heavy atom. The normalized spacial score (nSPS) is 13.0. The third-order valence-corrected chi connectivity index (χ3v) is 0.880. The zero-order valence-corrected chi connectivity index (χ0v) is 5.94. The van der Waals surface area contributed by atoms with E-state index in [2.05, 4.69) is 6.08 Å². The Hall–Kier alpha value is -0.300. The Morgan fingerprint density at radius 1 is 1.50 bits per heavy atom. The minimum absolute atomic E-state index is 0.0352. The van der Waals surface area contributed by atoms with Crippen molar-refractivity contribution < 1.29 is 0 Å². The van der Waals surface area contributed by atoms with Crippen molar-refractivity contribution in [1.82, 2.24) is 0 Å². The van der Waals surface area contributed by atoms with Crippen molar-refractivity contribution >= 4 is 0 Å². The van der Waals surface area contributed by atoms with Gasteiger partial charge in [-0.05, 0) is 27.2 Å². The van der Waals surface area contributed by atoms with Crippen LogP contribution in [0.4, 0.5) is 0 Å². The van der Waals surface area contributed by atoms with Gasteiger partial charge in [0, 0.05) is 5.54 Å². The molecule has 0 aromatic carbocycles. The van der Waals surface area contributed by atoms with Gasteiger partial charge in [0.25, 0.3) is 0 Å². The third-order valence-electron chi connectivity index (χ3n) is 0.880. The van der Waals surface area contributed by atoms with Crippen LogP contribution < -0.4 is 5.73 Å². The van der Waals surface area contributed by atoms with Gasteiger partial charge >= 0.3 is 0 Å². The zero-order valence-electron chi connectivity index (χ0n) is 5.94. The first kappa shape index (κ1) is 7.70. The Kier molecular flexibility index (Phi) is 2.77. The van der Waals surface area contributed by atoms with Gasteiger partial charge in [-0.2, -0.15) is 0 Å². The molecular weight excluding hydrogens is 98.1 g/mol. The van der Waals surface area contributed by atoms with Gasteiger partial charge < -0.3 is 5.73 Å². The minimum atomic E-state index is -0.0352. The molecule has 0 aliphatic carbocycles. The van der Waals surface area contributed by atoms with Crippen molar-refractivity contribution in [3.63, 3.8) is 0 Å². The van der Waals surface area contributed by atoms with Crippen LogP contribution in [-0.2, 0) is 0 Å². The van der Waals surface area contributed by atoms with Crippen molar-refractivity contribution in [2.75, 3.05) is 0 Å². The van der Waals surface area contributed by atoms with Gasteiger partial charge in [-0.1, -0.05) is 12.2 Å². The molecule has 0 bridgehead atoms. The summed E-state index contributed by atoms with van der Waals surface area (Å²) in [4.78, 5) is 0. The molecule has 0 radical (unpaired) electrons. The highest BCUT2D eigenvalue weighted by Crippen LogP contribution is 2.02. The molecule has 0 aromatic rings. The van der Waals surface area contributed by atoms with Crippen LogP contribution in [0.5, 0.6) is 0 Å². The average molecular weight is 113 g/mol. The number of hydrogen-bond acceptors (Lipinski definition) is 1. The van der Waals surface area contributed by atoms with Crippen LogP contribution in [0.2, 0.25) is 0 Å². The number of hydrogen-bond donors (Lipinski definition) is 1. The SMILES string of the molecule is CC=CCC(C)(C)N. The maximum Gasteiger partial charge on any atom is 0.0132 e. The van der Waals surface area contributed by atoms with Gasteiger partial charge in [0.2, 0.25) is 0 Å². The Morgan fingerprint density at radius 2 is 2.00 bits per heavy atom. The quantitative estimate of drug-likeness (QED) is 0.542. The van der Waals surface area contributed by atoms with Gasteiger partial charge in [0.05, 0.1) is 0 Å². The lowest BCUT2D eigenvalue weighted by molar-refractivity contribution is 0.527. The van der Waals surface area contributed by atoms with Crippen molar-refractivity contribution in [1.29, 1.82) is 0 Å².